The van der Waals surface area contributed by atoms with E-state index in [0.29, 0.717) is 18.7 Å². The molecule has 1 aromatic carbocycles. The zero-order valence-electron chi connectivity index (χ0n) is 14.4. The SMILES string of the molecule is CCNC(=O)c1cc(S(=O)(=O)NCCC2=CCCCC2)ccc1C. The van der Waals surface area contributed by atoms with Crippen LogP contribution in [0.2, 0.25) is 0 Å². The van der Waals surface area contributed by atoms with Crippen LogP contribution in [0, 0.1) is 6.92 Å². The average molecular weight is 350 g/mol. The summed E-state index contributed by atoms with van der Waals surface area (Å²) in [5, 5.41) is 2.71. The van der Waals surface area contributed by atoms with Crippen molar-refractivity contribution in [3.05, 3.63) is 41.0 Å². The molecule has 2 N–H and O–H groups in total. The Bertz CT molecular complexity index is 724. The Morgan fingerprint density at radius 3 is 2.71 bits per heavy atom. The van der Waals surface area contributed by atoms with Crippen LogP contribution in [0.1, 0.15) is 54.9 Å². The first-order chi connectivity index (χ1) is 11.4. The maximum absolute atomic E-state index is 12.5. The molecule has 0 saturated carbocycles. The molecule has 24 heavy (non-hydrogen) atoms. The lowest BCUT2D eigenvalue weighted by molar-refractivity contribution is 0.0955. The first kappa shape index (κ1) is 18.7. The van der Waals surface area contributed by atoms with Gasteiger partial charge in [0.25, 0.3) is 5.91 Å². The fourth-order valence-corrected chi connectivity index (χ4v) is 3.89. The van der Waals surface area contributed by atoms with Gasteiger partial charge in [0.1, 0.15) is 0 Å². The molecule has 0 fully saturated rings. The Balaban J connectivity index is 2.06. The molecule has 0 bridgehead atoms. The van der Waals surface area contributed by atoms with Crippen molar-refractivity contribution in [1.82, 2.24) is 10.0 Å². The lowest BCUT2D eigenvalue weighted by Crippen LogP contribution is -2.27. The molecule has 0 radical (unpaired) electrons. The third-order valence-electron chi connectivity index (χ3n) is 4.22. The Kier molecular flexibility index (Phi) is 6.57. The molecule has 0 aromatic heterocycles. The first-order valence-corrected chi connectivity index (χ1v) is 9.99. The second kappa shape index (κ2) is 8.44. The molecule has 1 amide bonds. The van der Waals surface area contributed by atoms with E-state index < -0.39 is 10.0 Å². The molecular weight excluding hydrogens is 324 g/mol. The number of carbonyl (C=O) groups is 1. The fourth-order valence-electron chi connectivity index (χ4n) is 2.83. The maximum atomic E-state index is 12.5. The van der Waals surface area contributed by atoms with E-state index in [1.165, 1.54) is 24.5 Å². The predicted octanol–water partition coefficient (Wildman–Crippen LogP) is 2.91. The van der Waals surface area contributed by atoms with Crippen molar-refractivity contribution in [2.24, 2.45) is 0 Å². The van der Waals surface area contributed by atoms with Gasteiger partial charge in [-0.3, -0.25) is 4.79 Å². The highest BCUT2D eigenvalue weighted by atomic mass is 32.2. The van der Waals surface area contributed by atoms with E-state index in [0.717, 1.165) is 24.8 Å². The van der Waals surface area contributed by atoms with Crippen LogP contribution >= 0.6 is 0 Å². The van der Waals surface area contributed by atoms with Gasteiger partial charge in [0.15, 0.2) is 0 Å². The Labute approximate surface area is 144 Å². The summed E-state index contributed by atoms with van der Waals surface area (Å²) in [6.07, 6.45) is 7.53. The molecular formula is C18H26N2O3S. The quantitative estimate of drug-likeness (QED) is 0.743. The minimum Gasteiger partial charge on any atom is -0.352 e. The second-order valence-electron chi connectivity index (χ2n) is 6.09. The van der Waals surface area contributed by atoms with Crippen molar-refractivity contribution in [3.8, 4) is 0 Å². The number of benzene rings is 1. The van der Waals surface area contributed by atoms with E-state index in [4.69, 9.17) is 0 Å². The standard InChI is InChI=1S/C18H26N2O3S/c1-3-19-18(21)17-13-16(10-9-14(17)2)24(22,23)20-12-11-15-7-5-4-6-8-15/h7,9-10,13,20H,3-6,8,11-12H2,1-2H3,(H,19,21). The number of allylic oxidation sites excluding steroid dienone is 1. The zero-order valence-corrected chi connectivity index (χ0v) is 15.2. The molecule has 0 unspecified atom stereocenters. The van der Waals surface area contributed by atoms with Crippen LogP contribution in [-0.2, 0) is 10.0 Å². The van der Waals surface area contributed by atoms with Gasteiger partial charge >= 0.3 is 0 Å². The molecule has 1 aromatic rings. The minimum atomic E-state index is -3.61. The fraction of sp³-hybridized carbons (Fsp3) is 0.500. The monoisotopic (exact) mass is 350 g/mol. The number of amides is 1. The van der Waals surface area contributed by atoms with E-state index in [2.05, 4.69) is 16.1 Å². The van der Waals surface area contributed by atoms with Crippen LogP contribution in [0.25, 0.3) is 0 Å². The van der Waals surface area contributed by atoms with E-state index in [9.17, 15) is 13.2 Å². The van der Waals surface area contributed by atoms with Gasteiger partial charge in [-0.1, -0.05) is 17.7 Å². The topological polar surface area (TPSA) is 75.3 Å². The summed E-state index contributed by atoms with van der Waals surface area (Å²) >= 11 is 0. The Morgan fingerprint density at radius 1 is 1.25 bits per heavy atom. The van der Waals surface area contributed by atoms with Crippen LogP contribution in [-0.4, -0.2) is 27.4 Å². The molecule has 132 valence electrons. The highest BCUT2D eigenvalue weighted by Crippen LogP contribution is 2.20. The molecule has 0 heterocycles. The van der Waals surface area contributed by atoms with E-state index in [-0.39, 0.29) is 10.8 Å². The third kappa shape index (κ3) is 4.92. The molecule has 6 heteroatoms. The normalized spacial score (nSPS) is 15.0. The van der Waals surface area contributed by atoms with Gasteiger partial charge in [0.2, 0.25) is 10.0 Å². The van der Waals surface area contributed by atoms with Crippen LogP contribution < -0.4 is 10.0 Å². The van der Waals surface area contributed by atoms with E-state index in [1.807, 2.05) is 6.92 Å². The van der Waals surface area contributed by atoms with Crippen molar-refractivity contribution in [2.75, 3.05) is 13.1 Å². The molecule has 0 aliphatic heterocycles. The summed E-state index contributed by atoms with van der Waals surface area (Å²) in [6, 6.07) is 4.66. The summed E-state index contributed by atoms with van der Waals surface area (Å²) in [5.74, 6) is -0.251. The number of hydrogen-bond donors (Lipinski definition) is 2. The minimum absolute atomic E-state index is 0.131. The van der Waals surface area contributed by atoms with Crippen LogP contribution in [0.15, 0.2) is 34.7 Å². The van der Waals surface area contributed by atoms with Crippen LogP contribution in [0.4, 0.5) is 0 Å². The Morgan fingerprint density at radius 2 is 2.04 bits per heavy atom. The van der Waals surface area contributed by atoms with E-state index in [1.54, 1.807) is 19.1 Å². The van der Waals surface area contributed by atoms with Crippen molar-refractivity contribution in [2.45, 2.75) is 50.8 Å². The molecule has 1 aliphatic rings. The average Bonchev–Trinajstić information content (AvgIpc) is 2.56. The molecule has 0 saturated heterocycles. The molecule has 0 spiro atoms. The maximum Gasteiger partial charge on any atom is 0.251 e. The van der Waals surface area contributed by atoms with Crippen molar-refractivity contribution in [1.29, 1.82) is 0 Å². The number of aryl methyl sites for hydroxylation is 1. The van der Waals surface area contributed by atoms with Crippen molar-refractivity contribution >= 4 is 15.9 Å². The number of nitrogens with one attached hydrogen (secondary N) is 2. The molecule has 2 rings (SSSR count). The van der Waals surface area contributed by atoms with Gasteiger partial charge in [-0.2, -0.15) is 0 Å². The summed E-state index contributed by atoms with van der Waals surface area (Å²) in [7, 11) is -3.61. The molecule has 5 nitrogen and oxygen atoms in total. The number of carbonyl (C=O) groups excluding carboxylic acids is 1. The van der Waals surface area contributed by atoms with Gasteiger partial charge in [0, 0.05) is 18.7 Å². The van der Waals surface area contributed by atoms with Gasteiger partial charge < -0.3 is 5.32 Å². The summed E-state index contributed by atoms with van der Waals surface area (Å²) in [5.41, 5.74) is 2.48. The summed E-state index contributed by atoms with van der Waals surface area (Å²) < 4.78 is 27.6. The lowest BCUT2D eigenvalue weighted by Gasteiger charge is -2.14. The zero-order chi connectivity index (χ0) is 17.6. The number of hydrogen-bond acceptors (Lipinski definition) is 3. The predicted molar refractivity (Wildman–Crippen MR) is 95.5 cm³/mol. The van der Waals surface area contributed by atoms with Gasteiger partial charge in [-0.25, -0.2) is 13.1 Å². The van der Waals surface area contributed by atoms with Gasteiger partial charge in [-0.15, -0.1) is 0 Å². The van der Waals surface area contributed by atoms with Crippen molar-refractivity contribution in [3.63, 3.8) is 0 Å². The molecule has 1 aliphatic carbocycles. The van der Waals surface area contributed by atoms with Gasteiger partial charge in [0.05, 0.1) is 4.90 Å². The van der Waals surface area contributed by atoms with Gasteiger partial charge in [-0.05, 0) is 63.6 Å². The van der Waals surface area contributed by atoms with Crippen molar-refractivity contribution < 1.29 is 13.2 Å². The molecule has 0 atom stereocenters. The van der Waals surface area contributed by atoms with Crippen LogP contribution in [0.3, 0.4) is 0 Å². The number of sulfonamides is 1. The summed E-state index contributed by atoms with van der Waals surface area (Å²) in [6.45, 7) is 4.51. The first-order valence-electron chi connectivity index (χ1n) is 8.50. The smallest absolute Gasteiger partial charge is 0.251 e. The second-order valence-corrected chi connectivity index (χ2v) is 7.86. The highest BCUT2D eigenvalue weighted by Gasteiger charge is 2.17. The Hall–Kier alpha value is -1.66. The summed E-state index contributed by atoms with van der Waals surface area (Å²) in [4.78, 5) is 12.2. The highest BCUT2D eigenvalue weighted by molar-refractivity contribution is 7.89. The third-order valence-corrected chi connectivity index (χ3v) is 5.68. The largest absolute Gasteiger partial charge is 0.352 e. The number of rotatable bonds is 7. The van der Waals surface area contributed by atoms with Crippen LogP contribution in [0.5, 0.6) is 0 Å². The van der Waals surface area contributed by atoms with E-state index >= 15 is 0 Å². The lowest BCUT2D eigenvalue weighted by atomic mass is 9.97.